The SMILES string of the molecule is CCNC(=NCC(O)(CC)CC)N(C)Cc1ccsc1.I. The number of hydrogen-bond acceptors (Lipinski definition) is 3. The fourth-order valence-corrected chi connectivity index (χ4v) is 2.56. The first-order chi connectivity index (χ1) is 9.54. The van der Waals surface area contributed by atoms with E-state index in [4.69, 9.17) is 0 Å². The molecule has 0 radical (unpaired) electrons. The summed E-state index contributed by atoms with van der Waals surface area (Å²) in [6, 6.07) is 2.12. The van der Waals surface area contributed by atoms with E-state index in [0.29, 0.717) is 6.54 Å². The molecule has 122 valence electrons. The third-order valence-corrected chi connectivity index (χ3v) is 4.27. The van der Waals surface area contributed by atoms with Gasteiger partial charge >= 0.3 is 0 Å². The number of hydrogen-bond donors (Lipinski definition) is 2. The minimum Gasteiger partial charge on any atom is -0.388 e. The highest BCUT2D eigenvalue weighted by Crippen LogP contribution is 2.15. The van der Waals surface area contributed by atoms with Crippen LogP contribution < -0.4 is 5.32 Å². The summed E-state index contributed by atoms with van der Waals surface area (Å²) in [6.07, 6.45) is 1.45. The van der Waals surface area contributed by atoms with Crippen molar-refractivity contribution < 1.29 is 5.11 Å². The largest absolute Gasteiger partial charge is 0.388 e. The smallest absolute Gasteiger partial charge is 0.194 e. The van der Waals surface area contributed by atoms with Gasteiger partial charge in [0, 0.05) is 20.1 Å². The van der Waals surface area contributed by atoms with E-state index in [1.165, 1.54) is 5.56 Å². The fourth-order valence-electron chi connectivity index (χ4n) is 1.90. The predicted octanol–water partition coefficient (Wildman–Crippen LogP) is 3.31. The molecular formula is C15H28IN3OS. The van der Waals surface area contributed by atoms with Crippen molar-refractivity contribution in [1.82, 2.24) is 10.2 Å². The van der Waals surface area contributed by atoms with E-state index in [2.05, 4.69) is 39.0 Å². The lowest BCUT2D eigenvalue weighted by Crippen LogP contribution is -2.40. The van der Waals surface area contributed by atoms with Crippen LogP contribution in [0.2, 0.25) is 0 Å². The first-order valence-corrected chi connectivity index (χ1v) is 8.21. The molecule has 0 aliphatic rings. The Morgan fingerprint density at radius 2 is 2.05 bits per heavy atom. The zero-order valence-corrected chi connectivity index (χ0v) is 16.6. The first-order valence-electron chi connectivity index (χ1n) is 7.27. The van der Waals surface area contributed by atoms with Gasteiger partial charge in [-0.2, -0.15) is 11.3 Å². The van der Waals surface area contributed by atoms with Gasteiger partial charge in [-0.25, -0.2) is 0 Å². The molecule has 1 aromatic heterocycles. The lowest BCUT2D eigenvalue weighted by atomic mass is 9.98. The molecule has 21 heavy (non-hydrogen) atoms. The molecule has 0 bridgehead atoms. The van der Waals surface area contributed by atoms with E-state index >= 15 is 0 Å². The van der Waals surface area contributed by atoms with Gasteiger partial charge in [0.05, 0.1) is 12.1 Å². The van der Waals surface area contributed by atoms with Crippen LogP contribution in [0.1, 0.15) is 39.2 Å². The van der Waals surface area contributed by atoms with Gasteiger partial charge in [0.15, 0.2) is 5.96 Å². The van der Waals surface area contributed by atoms with E-state index < -0.39 is 5.60 Å². The molecule has 2 N–H and O–H groups in total. The number of aliphatic imine (C=N–C) groups is 1. The summed E-state index contributed by atoms with van der Waals surface area (Å²) in [7, 11) is 2.02. The monoisotopic (exact) mass is 425 g/mol. The summed E-state index contributed by atoms with van der Waals surface area (Å²) in [5.74, 6) is 0.846. The van der Waals surface area contributed by atoms with Crippen molar-refractivity contribution in [2.24, 2.45) is 4.99 Å². The van der Waals surface area contributed by atoms with Gasteiger partial charge in [0.25, 0.3) is 0 Å². The number of nitrogens with one attached hydrogen (secondary N) is 1. The molecule has 0 aliphatic carbocycles. The Morgan fingerprint density at radius 3 is 2.52 bits per heavy atom. The Morgan fingerprint density at radius 1 is 1.38 bits per heavy atom. The summed E-state index contributed by atoms with van der Waals surface area (Å²) in [4.78, 5) is 6.69. The average Bonchev–Trinajstić information content (AvgIpc) is 2.95. The van der Waals surface area contributed by atoms with Gasteiger partial charge in [0.2, 0.25) is 0 Å². The van der Waals surface area contributed by atoms with Gasteiger partial charge in [-0.3, -0.25) is 4.99 Å². The summed E-state index contributed by atoms with van der Waals surface area (Å²) in [5.41, 5.74) is 0.591. The van der Waals surface area contributed by atoms with E-state index in [1.54, 1.807) is 11.3 Å². The molecule has 0 fully saturated rings. The highest BCUT2D eigenvalue weighted by molar-refractivity contribution is 14.0. The second kappa shape index (κ2) is 10.4. The quantitative estimate of drug-likeness (QED) is 0.400. The molecule has 0 aromatic carbocycles. The van der Waals surface area contributed by atoms with Gasteiger partial charge in [-0.05, 0) is 42.2 Å². The maximum Gasteiger partial charge on any atom is 0.194 e. The lowest BCUT2D eigenvalue weighted by Gasteiger charge is -2.26. The van der Waals surface area contributed by atoms with Crippen molar-refractivity contribution in [2.45, 2.75) is 45.8 Å². The van der Waals surface area contributed by atoms with Crippen LogP contribution in [-0.2, 0) is 6.54 Å². The standard InChI is InChI=1S/C15H27N3OS.HI/c1-5-15(19,6-2)12-17-14(16-7-3)18(4)10-13-8-9-20-11-13;/h8-9,11,19H,5-7,10,12H2,1-4H3,(H,16,17);1H. The molecule has 1 heterocycles. The van der Waals surface area contributed by atoms with Gasteiger partial charge in [-0.15, -0.1) is 24.0 Å². The molecule has 6 heteroatoms. The minimum absolute atomic E-state index is 0. The van der Waals surface area contributed by atoms with Crippen LogP contribution in [0.5, 0.6) is 0 Å². The summed E-state index contributed by atoms with van der Waals surface area (Å²) < 4.78 is 0. The van der Waals surface area contributed by atoms with Crippen LogP contribution in [0.4, 0.5) is 0 Å². The first kappa shape index (κ1) is 20.7. The van der Waals surface area contributed by atoms with Crippen LogP contribution >= 0.6 is 35.3 Å². The van der Waals surface area contributed by atoms with Crippen LogP contribution in [0.25, 0.3) is 0 Å². The Balaban J connectivity index is 0.00000400. The normalized spacial score (nSPS) is 12.0. The molecule has 0 amide bonds. The molecule has 0 atom stereocenters. The van der Waals surface area contributed by atoms with Crippen LogP contribution in [0.3, 0.4) is 0 Å². The molecule has 0 aliphatic heterocycles. The lowest BCUT2D eigenvalue weighted by molar-refractivity contribution is 0.0416. The van der Waals surface area contributed by atoms with Gasteiger partial charge in [0.1, 0.15) is 0 Å². The van der Waals surface area contributed by atoms with Crippen molar-refractivity contribution >= 4 is 41.3 Å². The van der Waals surface area contributed by atoms with Gasteiger partial charge < -0.3 is 15.3 Å². The maximum absolute atomic E-state index is 10.3. The molecule has 1 rings (SSSR count). The van der Waals surface area contributed by atoms with Crippen LogP contribution in [0.15, 0.2) is 21.8 Å². The molecule has 4 nitrogen and oxygen atoms in total. The maximum atomic E-state index is 10.3. The Bertz CT molecular complexity index is 405. The van der Waals surface area contributed by atoms with Crippen LogP contribution in [-0.4, -0.2) is 41.7 Å². The van der Waals surface area contributed by atoms with E-state index in [9.17, 15) is 5.11 Å². The van der Waals surface area contributed by atoms with E-state index in [-0.39, 0.29) is 24.0 Å². The molecule has 0 saturated heterocycles. The molecule has 0 unspecified atom stereocenters. The predicted molar refractivity (Wildman–Crippen MR) is 103 cm³/mol. The molecule has 0 spiro atoms. The van der Waals surface area contributed by atoms with E-state index in [1.807, 2.05) is 20.9 Å². The zero-order chi connectivity index (χ0) is 15.0. The molecule has 0 saturated carbocycles. The Labute approximate surface area is 149 Å². The fraction of sp³-hybridized carbons (Fsp3) is 0.667. The number of nitrogens with zero attached hydrogens (tertiary/aromatic N) is 2. The third-order valence-electron chi connectivity index (χ3n) is 3.54. The molecule has 1 aromatic rings. The van der Waals surface area contributed by atoms with Crippen molar-refractivity contribution in [1.29, 1.82) is 0 Å². The highest BCUT2D eigenvalue weighted by atomic mass is 127. The highest BCUT2D eigenvalue weighted by Gasteiger charge is 2.22. The Hall–Kier alpha value is -0.340. The number of rotatable bonds is 7. The Kier molecular flexibility index (Phi) is 10.2. The third kappa shape index (κ3) is 6.97. The van der Waals surface area contributed by atoms with Crippen molar-refractivity contribution in [3.8, 4) is 0 Å². The van der Waals surface area contributed by atoms with Crippen molar-refractivity contribution in [3.05, 3.63) is 22.4 Å². The second-order valence-electron chi connectivity index (χ2n) is 5.09. The summed E-state index contributed by atoms with van der Waals surface area (Å²) in [6.45, 7) is 8.15. The van der Waals surface area contributed by atoms with Gasteiger partial charge in [-0.1, -0.05) is 13.8 Å². The second-order valence-corrected chi connectivity index (χ2v) is 5.87. The van der Waals surface area contributed by atoms with E-state index in [0.717, 1.165) is 31.9 Å². The van der Waals surface area contributed by atoms with Crippen molar-refractivity contribution in [2.75, 3.05) is 20.1 Å². The summed E-state index contributed by atoms with van der Waals surface area (Å²) in [5, 5.41) is 17.8. The number of aliphatic hydroxyl groups is 1. The number of halogens is 1. The number of thiophene rings is 1. The molecular weight excluding hydrogens is 397 g/mol. The topological polar surface area (TPSA) is 47.9 Å². The van der Waals surface area contributed by atoms with Crippen molar-refractivity contribution in [3.63, 3.8) is 0 Å². The number of guanidine groups is 1. The average molecular weight is 425 g/mol. The summed E-state index contributed by atoms with van der Waals surface area (Å²) >= 11 is 1.70. The minimum atomic E-state index is -0.691. The zero-order valence-electron chi connectivity index (χ0n) is 13.4. The van der Waals surface area contributed by atoms with Crippen LogP contribution in [0, 0.1) is 0 Å².